The lowest BCUT2D eigenvalue weighted by molar-refractivity contribution is 0.475. The highest BCUT2D eigenvalue weighted by molar-refractivity contribution is 6.30. The van der Waals surface area contributed by atoms with E-state index in [1.54, 1.807) is 18.2 Å². The largest absolute Gasteiger partial charge is 0.508 e. The van der Waals surface area contributed by atoms with E-state index < -0.39 is 0 Å². The van der Waals surface area contributed by atoms with Crippen LogP contribution in [0.25, 0.3) is 11.1 Å². The molecule has 0 saturated heterocycles. The van der Waals surface area contributed by atoms with Gasteiger partial charge >= 0.3 is 0 Å². The van der Waals surface area contributed by atoms with Gasteiger partial charge < -0.3 is 9.52 Å². The number of hydrogen-bond donors (Lipinski definition) is 1. The molecule has 0 fully saturated rings. The lowest BCUT2D eigenvalue weighted by Crippen LogP contribution is -1.87. The van der Waals surface area contributed by atoms with E-state index in [-0.39, 0.29) is 5.75 Å². The first kappa shape index (κ1) is 11.1. The van der Waals surface area contributed by atoms with E-state index in [0.29, 0.717) is 28.4 Å². The SMILES string of the molecule is Oc1ccc2oc(Cc3ccc(Cl)cc3)nc2c1. The summed E-state index contributed by atoms with van der Waals surface area (Å²) in [6, 6.07) is 12.4. The number of rotatable bonds is 2. The van der Waals surface area contributed by atoms with Crippen molar-refractivity contribution in [2.24, 2.45) is 0 Å². The minimum Gasteiger partial charge on any atom is -0.508 e. The predicted octanol–water partition coefficient (Wildman–Crippen LogP) is 3.78. The highest BCUT2D eigenvalue weighted by Crippen LogP contribution is 2.22. The summed E-state index contributed by atoms with van der Waals surface area (Å²) in [5.41, 5.74) is 2.42. The van der Waals surface area contributed by atoms with Crippen LogP contribution in [0.5, 0.6) is 5.75 Å². The molecule has 0 radical (unpaired) electrons. The topological polar surface area (TPSA) is 46.3 Å². The number of phenolic OH excluding ortho intramolecular Hbond substituents is 1. The molecular weight excluding hydrogens is 250 g/mol. The van der Waals surface area contributed by atoms with E-state index in [4.69, 9.17) is 16.0 Å². The molecule has 3 nitrogen and oxygen atoms in total. The summed E-state index contributed by atoms with van der Waals surface area (Å²) in [7, 11) is 0. The van der Waals surface area contributed by atoms with Crippen molar-refractivity contribution in [3.63, 3.8) is 0 Å². The van der Waals surface area contributed by atoms with E-state index in [9.17, 15) is 5.11 Å². The van der Waals surface area contributed by atoms with Gasteiger partial charge in [-0.3, -0.25) is 0 Å². The zero-order valence-corrected chi connectivity index (χ0v) is 10.2. The molecule has 0 unspecified atom stereocenters. The third-order valence-corrected chi connectivity index (χ3v) is 2.94. The molecule has 18 heavy (non-hydrogen) atoms. The molecule has 0 amide bonds. The Morgan fingerprint density at radius 1 is 1.11 bits per heavy atom. The van der Waals surface area contributed by atoms with E-state index >= 15 is 0 Å². The van der Waals surface area contributed by atoms with Gasteiger partial charge in [0.05, 0.1) is 0 Å². The summed E-state index contributed by atoms with van der Waals surface area (Å²) < 4.78 is 5.60. The Hall–Kier alpha value is -2.00. The van der Waals surface area contributed by atoms with Crippen LogP contribution in [-0.2, 0) is 6.42 Å². The number of nitrogens with zero attached hydrogens (tertiary/aromatic N) is 1. The molecule has 90 valence electrons. The van der Waals surface area contributed by atoms with Gasteiger partial charge in [-0.05, 0) is 29.8 Å². The van der Waals surface area contributed by atoms with Crippen LogP contribution < -0.4 is 0 Å². The monoisotopic (exact) mass is 259 g/mol. The zero-order valence-electron chi connectivity index (χ0n) is 9.43. The molecule has 2 aromatic carbocycles. The molecule has 1 heterocycles. The number of hydrogen-bond acceptors (Lipinski definition) is 3. The van der Waals surface area contributed by atoms with Crippen LogP contribution in [0.15, 0.2) is 46.9 Å². The van der Waals surface area contributed by atoms with Crippen LogP contribution in [0.4, 0.5) is 0 Å². The maximum absolute atomic E-state index is 9.36. The second-order valence-corrected chi connectivity index (χ2v) is 4.50. The van der Waals surface area contributed by atoms with Crippen molar-refractivity contribution in [3.05, 3.63) is 58.9 Å². The Morgan fingerprint density at radius 3 is 2.67 bits per heavy atom. The van der Waals surface area contributed by atoms with E-state index in [1.165, 1.54) is 0 Å². The summed E-state index contributed by atoms with van der Waals surface area (Å²) in [6.45, 7) is 0. The molecule has 0 aliphatic carbocycles. The third-order valence-electron chi connectivity index (χ3n) is 2.68. The van der Waals surface area contributed by atoms with Gasteiger partial charge in [-0.1, -0.05) is 23.7 Å². The van der Waals surface area contributed by atoms with E-state index in [2.05, 4.69) is 4.98 Å². The van der Waals surface area contributed by atoms with Crippen LogP contribution in [0.2, 0.25) is 5.02 Å². The fraction of sp³-hybridized carbons (Fsp3) is 0.0714. The fourth-order valence-corrected chi connectivity index (χ4v) is 1.94. The number of aromatic nitrogens is 1. The van der Waals surface area contributed by atoms with Crippen molar-refractivity contribution >= 4 is 22.7 Å². The summed E-state index contributed by atoms with van der Waals surface area (Å²) in [6.07, 6.45) is 0.604. The molecule has 3 rings (SSSR count). The zero-order chi connectivity index (χ0) is 12.5. The Labute approximate surface area is 109 Å². The average Bonchev–Trinajstić information content (AvgIpc) is 2.73. The maximum atomic E-state index is 9.36. The van der Waals surface area contributed by atoms with Crippen molar-refractivity contribution in [2.45, 2.75) is 6.42 Å². The van der Waals surface area contributed by atoms with Gasteiger partial charge in [0.2, 0.25) is 0 Å². The molecule has 3 aromatic rings. The van der Waals surface area contributed by atoms with Gasteiger partial charge in [0.1, 0.15) is 11.3 Å². The van der Waals surface area contributed by atoms with Crippen molar-refractivity contribution in [1.29, 1.82) is 0 Å². The van der Waals surface area contributed by atoms with Crippen molar-refractivity contribution in [3.8, 4) is 5.75 Å². The molecule has 0 aliphatic heterocycles. The average molecular weight is 260 g/mol. The second-order valence-electron chi connectivity index (χ2n) is 4.06. The van der Waals surface area contributed by atoms with Crippen molar-refractivity contribution in [2.75, 3.05) is 0 Å². The number of phenols is 1. The number of benzene rings is 2. The molecule has 4 heteroatoms. The maximum Gasteiger partial charge on any atom is 0.199 e. The first-order valence-electron chi connectivity index (χ1n) is 5.53. The number of oxazole rings is 1. The lowest BCUT2D eigenvalue weighted by atomic mass is 10.1. The minimum absolute atomic E-state index is 0.189. The number of halogens is 1. The molecule has 0 bridgehead atoms. The van der Waals surface area contributed by atoms with Gasteiger partial charge in [-0.2, -0.15) is 0 Å². The summed E-state index contributed by atoms with van der Waals surface area (Å²) in [5.74, 6) is 0.812. The predicted molar refractivity (Wildman–Crippen MR) is 69.9 cm³/mol. The smallest absolute Gasteiger partial charge is 0.199 e. The Bertz CT molecular complexity index is 689. The molecule has 0 atom stereocenters. The molecule has 0 spiro atoms. The van der Waals surface area contributed by atoms with Gasteiger partial charge in [0, 0.05) is 17.5 Å². The van der Waals surface area contributed by atoms with E-state index in [0.717, 1.165) is 5.56 Å². The first-order chi connectivity index (χ1) is 8.70. The quantitative estimate of drug-likeness (QED) is 0.762. The summed E-state index contributed by atoms with van der Waals surface area (Å²) in [4.78, 5) is 4.33. The van der Waals surface area contributed by atoms with Crippen LogP contribution >= 0.6 is 11.6 Å². The highest BCUT2D eigenvalue weighted by atomic mass is 35.5. The number of aromatic hydroxyl groups is 1. The summed E-state index contributed by atoms with van der Waals surface area (Å²) >= 11 is 5.83. The van der Waals surface area contributed by atoms with Crippen LogP contribution in [0.1, 0.15) is 11.5 Å². The van der Waals surface area contributed by atoms with Gasteiger partial charge in [0.15, 0.2) is 11.5 Å². The van der Waals surface area contributed by atoms with E-state index in [1.807, 2.05) is 24.3 Å². The normalized spacial score (nSPS) is 10.9. The van der Waals surface area contributed by atoms with Crippen molar-refractivity contribution < 1.29 is 9.52 Å². The lowest BCUT2D eigenvalue weighted by Gasteiger charge is -1.96. The van der Waals surface area contributed by atoms with Crippen LogP contribution in [0, 0.1) is 0 Å². The minimum atomic E-state index is 0.189. The first-order valence-corrected chi connectivity index (χ1v) is 5.91. The third kappa shape index (κ3) is 2.17. The highest BCUT2D eigenvalue weighted by Gasteiger charge is 2.07. The Morgan fingerprint density at radius 2 is 1.89 bits per heavy atom. The fourth-order valence-electron chi connectivity index (χ4n) is 1.82. The molecule has 1 aromatic heterocycles. The molecule has 1 N–H and O–H groups in total. The summed E-state index contributed by atoms with van der Waals surface area (Å²) in [5, 5.41) is 10.1. The van der Waals surface area contributed by atoms with Gasteiger partial charge in [-0.15, -0.1) is 0 Å². The Kier molecular flexibility index (Phi) is 2.68. The van der Waals surface area contributed by atoms with Gasteiger partial charge in [0.25, 0.3) is 0 Å². The van der Waals surface area contributed by atoms with Crippen LogP contribution in [-0.4, -0.2) is 10.1 Å². The number of fused-ring (bicyclic) bond motifs is 1. The second kappa shape index (κ2) is 4.35. The van der Waals surface area contributed by atoms with Crippen LogP contribution in [0.3, 0.4) is 0 Å². The molecular formula is C14H10ClNO2. The molecule has 0 aliphatic rings. The van der Waals surface area contributed by atoms with Gasteiger partial charge in [-0.25, -0.2) is 4.98 Å². The van der Waals surface area contributed by atoms with Crippen molar-refractivity contribution in [1.82, 2.24) is 4.98 Å². The standard InChI is InChI=1S/C14H10ClNO2/c15-10-3-1-9(2-4-10)7-14-16-12-8-11(17)5-6-13(12)18-14/h1-6,8,17H,7H2. The Balaban J connectivity index is 1.92. The molecule has 0 saturated carbocycles.